The smallest absolute Gasteiger partial charge is 0.338 e. The summed E-state index contributed by atoms with van der Waals surface area (Å²) in [6.07, 6.45) is 3.89. The molecule has 0 fully saturated rings. The minimum atomic E-state index is -0.481. The SMILES string of the molecule is CC(=O)c1ccc(C(=O)OCC=CCCOC(=O)c2ccc(C(C)=O)cc2)cc1. The van der Waals surface area contributed by atoms with Crippen LogP contribution in [0.2, 0.25) is 0 Å². The van der Waals surface area contributed by atoms with Gasteiger partial charge in [-0.2, -0.15) is 0 Å². The lowest BCUT2D eigenvalue weighted by atomic mass is 10.1. The molecule has 0 aromatic heterocycles. The van der Waals surface area contributed by atoms with Gasteiger partial charge >= 0.3 is 11.9 Å². The lowest BCUT2D eigenvalue weighted by Gasteiger charge is -2.04. The molecule has 0 saturated carbocycles. The highest BCUT2D eigenvalue weighted by Crippen LogP contribution is 2.08. The van der Waals surface area contributed by atoms with Gasteiger partial charge in [0.2, 0.25) is 0 Å². The van der Waals surface area contributed by atoms with Crippen molar-refractivity contribution in [3.63, 3.8) is 0 Å². The van der Waals surface area contributed by atoms with Crippen LogP contribution in [0, 0.1) is 0 Å². The van der Waals surface area contributed by atoms with Gasteiger partial charge in [-0.25, -0.2) is 9.59 Å². The zero-order valence-corrected chi connectivity index (χ0v) is 16.3. The van der Waals surface area contributed by atoms with Gasteiger partial charge in [0, 0.05) is 11.1 Å². The largest absolute Gasteiger partial charge is 0.462 e. The predicted molar refractivity (Wildman–Crippen MR) is 107 cm³/mol. The molecule has 0 amide bonds. The molecule has 0 spiro atoms. The van der Waals surface area contributed by atoms with E-state index in [1.807, 2.05) is 0 Å². The summed E-state index contributed by atoms with van der Waals surface area (Å²) in [5.74, 6) is -1.08. The first-order valence-electron chi connectivity index (χ1n) is 9.09. The average molecular weight is 394 g/mol. The number of hydrogen-bond donors (Lipinski definition) is 0. The number of ketones is 2. The minimum Gasteiger partial charge on any atom is -0.462 e. The summed E-state index contributed by atoms with van der Waals surface area (Å²) in [5.41, 5.74) is 1.82. The lowest BCUT2D eigenvalue weighted by molar-refractivity contribution is 0.0511. The molecule has 2 aromatic rings. The van der Waals surface area contributed by atoms with Crippen molar-refractivity contribution in [2.45, 2.75) is 20.3 Å². The fourth-order valence-corrected chi connectivity index (χ4v) is 2.38. The first kappa shape index (κ1) is 21.8. The molecule has 0 aliphatic heterocycles. The number of Topliss-reactive ketones (excluding diaryl/α,β-unsaturated/α-hetero) is 2. The first-order chi connectivity index (χ1) is 13.9. The molecule has 0 aliphatic rings. The molecule has 0 aliphatic carbocycles. The molecule has 2 aromatic carbocycles. The van der Waals surface area contributed by atoms with Gasteiger partial charge in [-0.3, -0.25) is 9.59 Å². The van der Waals surface area contributed by atoms with Crippen LogP contribution in [0.25, 0.3) is 0 Å². The zero-order valence-electron chi connectivity index (χ0n) is 16.3. The number of ether oxygens (including phenoxy) is 2. The summed E-state index contributed by atoms with van der Waals surface area (Å²) in [7, 11) is 0. The van der Waals surface area contributed by atoms with Crippen LogP contribution in [-0.2, 0) is 9.47 Å². The highest BCUT2D eigenvalue weighted by molar-refractivity contribution is 5.96. The number of carbonyl (C=O) groups is 4. The van der Waals surface area contributed by atoms with Gasteiger partial charge in [-0.15, -0.1) is 0 Å². The van der Waals surface area contributed by atoms with Gasteiger partial charge in [0.15, 0.2) is 11.6 Å². The van der Waals surface area contributed by atoms with Gasteiger partial charge < -0.3 is 9.47 Å². The maximum Gasteiger partial charge on any atom is 0.338 e. The molecule has 0 radical (unpaired) electrons. The van der Waals surface area contributed by atoms with Crippen LogP contribution in [-0.4, -0.2) is 36.7 Å². The van der Waals surface area contributed by atoms with Crippen molar-refractivity contribution in [3.05, 3.63) is 82.9 Å². The van der Waals surface area contributed by atoms with E-state index in [1.165, 1.54) is 13.8 Å². The number of benzene rings is 2. The number of rotatable bonds is 9. The van der Waals surface area contributed by atoms with E-state index in [4.69, 9.17) is 9.47 Å². The molecule has 0 N–H and O–H groups in total. The van der Waals surface area contributed by atoms with Crippen LogP contribution < -0.4 is 0 Å². The van der Waals surface area contributed by atoms with Crippen molar-refractivity contribution in [1.29, 1.82) is 0 Å². The molecular weight excluding hydrogens is 372 g/mol. The standard InChI is InChI=1S/C23H22O6/c1-16(24)18-6-10-20(11-7-18)22(26)28-14-4-3-5-15-29-23(27)21-12-8-19(9-13-21)17(2)25/h3-4,6-13H,5,14-15H2,1-2H3. The molecular formula is C23H22O6. The average Bonchev–Trinajstić information content (AvgIpc) is 2.72. The van der Waals surface area contributed by atoms with Crippen LogP contribution in [0.4, 0.5) is 0 Å². The van der Waals surface area contributed by atoms with Gasteiger partial charge in [0.25, 0.3) is 0 Å². The Morgan fingerprint density at radius 1 is 0.655 bits per heavy atom. The Labute approximate surface area is 169 Å². The zero-order chi connectivity index (χ0) is 21.2. The molecule has 0 heterocycles. The Hall–Kier alpha value is -3.54. The summed E-state index contributed by atoms with van der Waals surface area (Å²) < 4.78 is 10.3. The van der Waals surface area contributed by atoms with E-state index in [9.17, 15) is 19.2 Å². The van der Waals surface area contributed by atoms with Crippen molar-refractivity contribution in [2.75, 3.05) is 13.2 Å². The first-order valence-corrected chi connectivity index (χ1v) is 9.09. The molecule has 6 nitrogen and oxygen atoms in total. The Balaban J connectivity index is 1.67. The predicted octanol–water partition coefficient (Wildman–Crippen LogP) is 4.05. The fourth-order valence-electron chi connectivity index (χ4n) is 2.38. The third kappa shape index (κ3) is 6.84. The van der Waals surface area contributed by atoms with Crippen LogP contribution in [0.15, 0.2) is 60.7 Å². The summed E-state index contributed by atoms with van der Waals surface area (Å²) in [4.78, 5) is 46.2. The van der Waals surface area contributed by atoms with Crippen molar-refractivity contribution in [3.8, 4) is 0 Å². The molecule has 0 atom stereocenters. The second kappa shape index (κ2) is 10.7. The van der Waals surface area contributed by atoms with Gasteiger partial charge in [-0.05, 0) is 44.5 Å². The Morgan fingerprint density at radius 3 is 1.52 bits per heavy atom. The Bertz CT molecular complexity index is 907. The van der Waals surface area contributed by atoms with Crippen molar-refractivity contribution < 1.29 is 28.7 Å². The molecule has 6 heteroatoms. The number of carbonyl (C=O) groups excluding carboxylic acids is 4. The molecule has 0 saturated heterocycles. The highest BCUT2D eigenvalue weighted by atomic mass is 16.5. The van der Waals surface area contributed by atoms with E-state index in [-0.39, 0.29) is 24.8 Å². The third-order valence-electron chi connectivity index (χ3n) is 4.05. The van der Waals surface area contributed by atoms with E-state index < -0.39 is 11.9 Å². The topological polar surface area (TPSA) is 86.7 Å². The Kier molecular flexibility index (Phi) is 8.03. The van der Waals surface area contributed by atoms with Crippen molar-refractivity contribution in [1.82, 2.24) is 0 Å². The van der Waals surface area contributed by atoms with E-state index in [1.54, 1.807) is 60.7 Å². The van der Waals surface area contributed by atoms with Crippen molar-refractivity contribution >= 4 is 23.5 Å². The highest BCUT2D eigenvalue weighted by Gasteiger charge is 2.08. The van der Waals surface area contributed by atoms with Crippen molar-refractivity contribution in [2.24, 2.45) is 0 Å². The van der Waals surface area contributed by atoms with E-state index in [2.05, 4.69) is 0 Å². The summed E-state index contributed by atoms with van der Waals surface area (Å²) in [6.45, 7) is 3.19. The second-order valence-electron chi connectivity index (χ2n) is 6.26. The monoisotopic (exact) mass is 394 g/mol. The third-order valence-corrected chi connectivity index (χ3v) is 4.05. The maximum atomic E-state index is 11.9. The summed E-state index contributed by atoms with van der Waals surface area (Å²) >= 11 is 0. The molecule has 29 heavy (non-hydrogen) atoms. The molecule has 0 unspecified atom stereocenters. The number of hydrogen-bond acceptors (Lipinski definition) is 6. The van der Waals surface area contributed by atoms with Crippen LogP contribution in [0.3, 0.4) is 0 Å². The minimum absolute atomic E-state index is 0.0659. The molecule has 150 valence electrons. The quantitative estimate of drug-likeness (QED) is 0.276. The van der Waals surface area contributed by atoms with Gasteiger partial charge in [0.05, 0.1) is 17.7 Å². The second-order valence-corrected chi connectivity index (χ2v) is 6.26. The number of esters is 2. The summed E-state index contributed by atoms with van der Waals surface area (Å²) in [6, 6.07) is 12.5. The van der Waals surface area contributed by atoms with Gasteiger partial charge in [0.1, 0.15) is 6.61 Å². The summed E-state index contributed by atoms with van der Waals surface area (Å²) in [5, 5.41) is 0. The van der Waals surface area contributed by atoms with E-state index in [0.717, 1.165) is 0 Å². The molecule has 2 rings (SSSR count). The van der Waals surface area contributed by atoms with E-state index >= 15 is 0 Å². The van der Waals surface area contributed by atoms with Gasteiger partial charge in [-0.1, -0.05) is 36.4 Å². The van der Waals surface area contributed by atoms with Crippen LogP contribution >= 0.6 is 0 Å². The van der Waals surface area contributed by atoms with Crippen LogP contribution in [0.1, 0.15) is 61.7 Å². The van der Waals surface area contributed by atoms with E-state index in [0.29, 0.717) is 28.7 Å². The fraction of sp³-hybridized carbons (Fsp3) is 0.217. The lowest BCUT2D eigenvalue weighted by Crippen LogP contribution is -2.07. The molecule has 0 bridgehead atoms. The maximum absolute atomic E-state index is 11.9. The Morgan fingerprint density at radius 2 is 1.07 bits per heavy atom. The van der Waals surface area contributed by atoms with Crippen LogP contribution in [0.5, 0.6) is 0 Å². The normalized spacial score (nSPS) is 10.6.